The number of carbonyl (C=O) groups excluding carboxylic acids is 1. The van der Waals surface area contributed by atoms with Crippen molar-refractivity contribution in [3.63, 3.8) is 0 Å². The van der Waals surface area contributed by atoms with Gasteiger partial charge in [0, 0.05) is 4.88 Å². The molecule has 0 saturated heterocycles. The zero-order valence-electron chi connectivity index (χ0n) is 10.9. The van der Waals surface area contributed by atoms with Crippen molar-refractivity contribution in [2.45, 2.75) is 32.1 Å². The van der Waals surface area contributed by atoms with Crippen molar-refractivity contribution < 1.29 is 13.6 Å². The zero-order valence-corrected chi connectivity index (χ0v) is 11.7. The summed E-state index contributed by atoms with van der Waals surface area (Å²) in [5.74, 6) is -1.67. The van der Waals surface area contributed by atoms with Gasteiger partial charge in [0.15, 0.2) is 0 Å². The van der Waals surface area contributed by atoms with Gasteiger partial charge in [0.2, 0.25) is 5.78 Å². The molecule has 1 aromatic carbocycles. The van der Waals surface area contributed by atoms with Crippen LogP contribution in [0.1, 0.15) is 44.9 Å². The number of ketones is 1. The smallest absolute Gasteiger partial charge is 0.206 e. The van der Waals surface area contributed by atoms with E-state index in [-0.39, 0.29) is 5.56 Å². The predicted molar refractivity (Wildman–Crippen MR) is 75.4 cm³/mol. The number of halogens is 2. The molecule has 0 fully saturated rings. The first-order valence-corrected chi connectivity index (χ1v) is 7.58. The van der Waals surface area contributed by atoms with Gasteiger partial charge >= 0.3 is 0 Å². The lowest BCUT2D eigenvalue weighted by Crippen LogP contribution is -2.03. The minimum Gasteiger partial charge on any atom is -0.288 e. The highest BCUT2D eigenvalue weighted by molar-refractivity contribution is 7.14. The highest BCUT2D eigenvalue weighted by Crippen LogP contribution is 2.30. The van der Waals surface area contributed by atoms with Crippen LogP contribution in [0.4, 0.5) is 8.78 Å². The van der Waals surface area contributed by atoms with Crippen LogP contribution in [0.2, 0.25) is 0 Å². The summed E-state index contributed by atoms with van der Waals surface area (Å²) >= 11 is 1.43. The van der Waals surface area contributed by atoms with Gasteiger partial charge in [-0.25, -0.2) is 8.78 Å². The first-order chi connectivity index (χ1) is 9.65. The van der Waals surface area contributed by atoms with Crippen LogP contribution in [0.15, 0.2) is 24.3 Å². The van der Waals surface area contributed by atoms with Gasteiger partial charge in [0.25, 0.3) is 0 Å². The Hall–Kier alpha value is -1.55. The molecule has 0 radical (unpaired) electrons. The Kier molecular flexibility index (Phi) is 3.66. The quantitative estimate of drug-likeness (QED) is 0.587. The van der Waals surface area contributed by atoms with Gasteiger partial charge in [0.1, 0.15) is 11.6 Å². The molecule has 1 aliphatic rings. The van der Waals surface area contributed by atoms with Crippen LogP contribution in [0.5, 0.6) is 0 Å². The van der Waals surface area contributed by atoms with E-state index in [4.69, 9.17) is 0 Å². The fraction of sp³-hybridized carbons (Fsp3) is 0.312. The molecule has 1 nitrogen and oxygen atoms in total. The molecule has 2 aromatic rings. The van der Waals surface area contributed by atoms with Crippen molar-refractivity contribution >= 4 is 17.1 Å². The lowest BCUT2D eigenvalue weighted by atomic mass is 10.1. The zero-order chi connectivity index (χ0) is 14.1. The molecule has 0 amide bonds. The van der Waals surface area contributed by atoms with Crippen molar-refractivity contribution in [3.05, 3.63) is 56.8 Å². The second kappa shape index (κ2) is 5.44. The third-order valence-electron chi connectivity index (χ3n) is 3.64. The van der Waals surface area contributed by atoms with Crippen molar-refractivity contribution in [2.24, 2.45) is 0 Å². The van der Waals surface area contributed by atoms with Gasteiger partial charge < -0.3 is 0 Å². The second-order valence-corrected chi connectivity index (χ2v) is 6.21. The highest BCUT2D eigenvalue weighted by Gasteiger charge is 2.20. The molecular weight excluding hydrogens is 278 g/mol. The molecule has 3 rings (SSSR count). The van der Waals surface area contributed by atoms with Crippen LogP contribution in [-0.4, -0.2) is 5.78 Å². The Labute approximate surface area is 120 Å². The van der Waals surface area contributed by atoms with E-state index < -0.39 is 17.4 Å². The summed E-state index contributed by atoms with van der Waals surface area (Å²) in [7, 11) is 0. The molecule has 0 bridgehead atoms. The van der Waals surface area contributed by atoms with Gasteiger partial charge in [-0.2, -0.15) is 0 Å². The first kappa shape index (κ1) is 13.4. The lowest BCUT2D eigenvalue weighted by Gasteiger charge is -2.00. The second-order valence-electron chi connectivity index (χ2n) is 5.07. The number of hydrogen-bond acceptors (Lipinski definition) is 2. The lowest BCUT2D eigenvalue weighted by molar-refractivity contribution is 0.103. The predicted octanol–water partition coefficient (Wildman–Crippen LogP) is 4.53. The third kappa shape index (κ3) is 2.52. The molecule has 20 heavy (non-hydrogen) atoms. The number of benzene rings is 1. The molecule has 1 aromatic heterocycles. The van der Waals surface area contributed by atoms with E-state index >= 15 is 0 Å². The Morgan fingerprint density at radius 1 is 1.05 bits per heavy atom. The summed E-state index contributed by atoms with van der Waals surface area (Å²) in [6.07, 6.45) is 5.44. The summed E-state index contributed by atoms with van der Waals surface area (Å²) in [6.45, 7) is 0. The minimum atomic E-state index is -0.667. The summed E-state index contributed by atoms with van der Waals surface area (Å²) in [5, 5.41) is 0. The van der Waals surface area contributed by atoms with Crippen molar-refractivity contribution in [2.75, 3.05) is 0 Å². The van der Waals surface area contributed by atoms with Gasteiger partial charge in [-0.15, -0.1) is 11.3 Å². The molecule has 0 atom stereocenters. The SMILES string of the molecule is O=C(c1cc2c(s1)CCCCC2)c1cc(F)ccc1F. The molecule has 0 aliphatic heterocycles. The van der Waals surface area contributed by atoms with Gasteiger partial charge in [-0.1, -0.05) is 6.42 Å². The fourth-order valence-corrected chi connectivity index (χ4v) is 3.79. The van der Waals surface area contributed by atoms with Gasteiger partial charge in [-0.3, -0.25) is 4.79 Å². The van der Waals surface area contributed by atoms with Crippen LogP contribution in [-0.2, 0) is 12.8 Å². The Morgan fingerprint density at radius 2 is 1.85 bits per heavy atom. The topological polar surface area (TPSA) is 17.1 Å². The normalized spacial score (nSPS) is 14.7. The summed E-state index contributed by atoms with van der Waals surface area (Å²) in [6, 6.07) is 4.86. The minimum absolute atomic E-state index is 0.179. The molecule has 0 unspecified atom stereocenters. The molecule has 104 valence electrons. The van der Waals surface area contributed by atoms with Gasteiger partial charge in [0.05, 0.1) is 10.4 Å². The maximum absolute atomic E-state index is 13.7. The molecule has 0 N–H and O–H groups in total. The Morgan fingerprint density at radius 3 is 2.70 bits per heavy atom. The van der Waals surface area contributed by atoms with Crippen molar-refractivity contribution in [1.29, 1.82) is 0 Å². The number of hydrogen-bond donors (Lipinski definition) is 0. The average molecular weight is 292 g/mol. The summed E-state index contributed by atoms with van der Waals surface area (Å²) in [5.41, 5.74) is 1.02. The van der Waals surface area contributed by atoms with Crippen molar-refractivity contribution in [1.82, 2.24) is 0 Å². The molecule has 1 aliphatic carbocycles. The van der Waals surface area contributed by atoms with E-state index in [9.17, 15) is 13.6 Å². The van der Waals surface area contributed by atoms with E-state index in [1.807, 2.05) is 6.07 Å². The molecular formula is C16H14F2OS. The number of carbonyl (C=O) groups is 1. The van der Waals surface area contributed by atoms with Gasteiger partial charge in [-0.05, 0) is 55.5 Å². The highest BCUT2D eigenvalue weighted by atomic mass is 32.1. The van der Waals surface area contributed by atoms with Crippen LogP contribution in [0.3, 0.4) is 0 Å². The number of rotatable bonds is 2. The van der Waals surface area contributed by atoms with E-state index in [1.165, 1.54) is 28.2 Å². The van der Waals surface area contributed by atoms with E-state index in [1.54, 1.807) is 0 Å². The standard InChI is InChI=1S/C16H14F2OS/c17-11-6-7-13(18)12(9-11)16(19)15-8-10-4-2-1-3-5-14(10)20-15/h6-9H,1-5H2. The van der Waals surface area contributed by atoms with Crippen LogP contribution >= 0.6 is 11.3 Å². The van der Waals surface area contributed by atoms with Crippen molar-refractivity contribution in [3.8, 4) is 0 Å². The molecule has 1 heterocycles. The average Bonchev–Trinajstić information content (AvgIpc) is 2.72. The Balaban J connectivity index is 1.96. The largest absolute Gasteiger partial charge is 0.288 e. The number of aryl methyl sites for hydroxylation is 2. The maximum Gasteiger partial charge on any atom is 0.206 e. The van der Waals surface area contributed by atoms with Crippen LogP contribution in [0, 0.1) is 11.6 Å². The van der Waals surface area contributed by atoms with E-state index in [2.05, 4.69) is 0 Å². The van der Waals surface area contributed by atoms with Crippen LogP contribution < -0.4 is 0 Å². The summed E-state index contributed by atoms with van der Waals surface area (Å²) in [4.78, 5) is 14.1. The summed E-state index contributed by atoms with van der Waals surface area (Å²) < 4.78 is 26.9. The molecule has 0 spiro atoms. The molecule has 4 heteroatoms. The van der Waals surface area contributed by atoms with E-state index in [0.717, 1.165) is 43.9 Å². The molecule has 0 saturated carbocycles. The number of fused-ring (bicyclic) bond motifs is 1. The van der Waals surface area contributed by atoms with E-state index in [0.29, 0.717) is 4.88 Å². The maximum atomic E-state index is 13.7. The monoisotopic (exact) mass is 292 g/mol. The van der Waals surface area contributed by atoms with Crippen LogP contribution in [0.25, 0.3) is 0 Å². The Bertz CT molecular complexity index is 637. The number of thiophene rings is 1. The first-order valence-electron chi connectivity index (χ1n) is 6.76. The fourth-order valence-electron chi connectivity index (χ4n) is 2.58. The third-order valence-corrected chi connectivity index (χ3v) is 4.88.